The fraction of sp³-hybridized carbons (Fsp3) is 0.333. The molecule has 0 amide bonds. The van der Waals surface area contributed by atoms with Crippen LogP contribution in [0.5, 0.6) is 5.75 Å². The van der Waals surface area contributed by atoms with Crippen LogP contribution in [-0.2, 0) is 0 Å². The predicted octanol–water partition coefficient (Wildman–Crippen LogP) is 3.15. The fourth-order valence-corrected chi connectivity index (χ4v) is 1.07. The molecular weight excluding hydrogens is 252 g/mol. The SMILES string of the molecule is N[C@H](c1ccc(OC(F)(F)F)cc1)C(F)(F)F. The smallest absolute Gasteiger partial charge is 0.406 e. The molecule has 2 nitrogen and oxygen atoms in total. The topological polar surface area (TPSA) is 35.2 Å². The van der Waals surface area contributed by atoms with Gasteiger partial charge in [-0.25, -0.2) is 0 Å². The summed E-state index contributed by atoms with van der Waals surface area (Å²) >= 11 is 0. The summed E-state index contributed by atoms with van der Waals surface area (Å²) in [5, 5.41) is 0. The van der Waals surface area contributed by atoms with E-state index in [1.54, 1.807) is 0 Å². The molecule has 17 heavy (non-hydrogen) atoms. The van der Waals surface area contributed by atoms with E-state index >= 15 is 0 Å². The summed E-state index contributed by atoms with van der Waals surface area (Å²) in [6.45, 7) is 0. The van der Waals surface area contributed by atoms with Crippen molar-refractivity contribution < 1.29 is 31.1 Å². The lowest BCUT2D eigenvalue weighted by Gasteiger charge is -2.16. The van der Waals surface area contributed by atoms with Crippen molar-refractivity contribution in [2.45, 2.75) is 18.6 Å². The van der Waals surface area contributed by atoms with Crippen LogP contribution < -0.4 is 10.5 Å². The number of rotatable bonds is 2. The van der Waals surface area contributed by atoms with E-state index < -0.39 is 24.3 Å². The van der Waals surface area contributed by atoms with Crippen molar-refractivity contribution in [3.05, 3.63) is 29.8 Å². The molecule has 0 saturated heterocycles. The molecule has 2 N–H and O–H groups in total. The molecule has 0 spiro atoms. The normalized spacial score (nSPS) is 14.5. The van der Waals surface area contributed by atoms with Gasteiger partial charge < -0.3 is 10.5 Å². The zero-order chi connectivity index (χ0) is 13.3. The van der Waals surface area contributed by atoms with E-state index in [0.717, 1.165) is 24.3 Å². The Kier molecular flexibility index (Phi) is 3.56. The monoisotopic (exact) mass is 259 g/mol. The van der Waals surface area contributed by atoms with Crippen LogP contribution in [0.2, 0.25) is 0 Å². The van der Waals surface area contributed by atoms with Gasteiger partial charge in [-0.05, 0) is 17.7 Å². The van der Waals surface area contributed by atoms with Crippen LogP contribution >= 0.6 is 0 Å². The van der Waals surface area contributed by atoms with Gasteiger partial charge in [0, 0.05) is 0 Å². The number of alkyl halides is 6. The first-order chi connectivity index (χ1) is 7.59. The fourth-order valence-electron chi connectivity index (χ4n) is 1.07. The van der Waals surface area contributed by atoms with Gasteiger partial charge in [0.25, 0.3) is 0 Å². The number of halogens is 6. The van der Waals surface area contributed by atoms with Crippen LogP contribution in [0.1, 0.15) is 11.6 Å². The molecule has 0 aromatic heterocycles. The van der Waals surface area contributed by atoms with Crippen LogP contribution in [0.3, 0.4) is 0 Å². The maximum Gasteiger partial charge on any atom is 0.573 e. The van der Waals surface area contributed by atoms with Crippen LogP contribution in [0.25, 0.3) is 0 Å². The quantitative estimate of drug-likeness (QED) is 0.828. The molecule has 0 radical (unpaired) electrons. The van der Waals surface area contributed by atoms with Crippen molar-refractivity contribution in [3.63, 3.8) is 0 Å². The standard InChI is InChI=1S/C9H7F6NO/c10-8(11,12)7(16)5-1-3-6(4-2-5)17-9(13,14)15/h1-4,7H,16H2/t7-/m1/s1. The van der Waals surface area contributed by atoms with Crippen molar-refractivity contribution in [3.8, 4) is 5.75 Å². The van der Waals surface area contributed by atoms with Crippen molar-refractivity contribution in [2.75, 3.05) is 0 Å². The van der Waals surface area contributed by atoms with Gasteiger partial charge in [-0.3, -0.25) is 0 Å². The highest BCUT2D eigenvalue weighted by molar-refractivity contribution is 5.29. The molecule has 0 unspecified atom stereocenters. The second-order valence-electron chi connectivity index (χ2n) is 3.14. The first kappa shape index (κ1) is 13.6. The van der Waals surface area contributed by atoms with Crippen LogP contribution in [0, 0.1) is 0 Å². The van der Waals surface area contributed by atoms with Crippen LogP contribution in [-0.4, -0.2) is 12.5 Å². The second kappa shape index (κ2) is 4.44. The Labute approximate surface area is 92.0 Å². The minimum Gasteiger partial charge on any atom is -0.406 e. The Balaban J connectivity index is 2.82. The number of hydrogen-bond donors (Lipinski definition) is 1. The van der Waals surface area contributed by atoms with Crippen LogP contribution in [0.4, 0.5) is 26.3 Å². The molecule has 0 saturated carbocycles. The summed E-state index contributed by atoms with van der Waals surface area (Å²) in [6.07, 6.45) is -9.53. The van der Waals surface area contributed by atoms with E-state index in [1.807, 2.05) is 0 Å². The average molecular weight is 259 g/mol. The minimum atomic E-state index is -4.88. The number of hydrogen-bond acceptors (Lipinski definition) is 2. The van der Waals surface area contributed by atoms with Gasteiger partial charge in [-0.1, -0.05) is 12.1 Å². The largest absolute Gasteiger partial charge is 0.573 e. The molecule has 8 heteroatoms. The summed E-state index contributed by atoms with van der Waals surface area (Å²) in [5.41, 5.74) is 4.52. The van der Waals surface area contributed by atoms with Gasteiger partial charge in [0.05, 0.1) is 0 Å². The summed E-state index contributed by atoms with van der Waals surface area (Å²) in [7, 11) is 0. The Hall–Kier alpha value is -1.44. The molecule has 0 aliphatic heterocycles. The average Bonchev–Trinajstić information content (AvgIpc) is 2.14. The summed E-state index contributed by atoms with van der Waals surface area (Å²) in [5.74, 6) is -0.601. The molecule has 1 aromatic rings. The second-order valence-corrected chi connectivity index (χ2v) is 3.14. The molecule has 1 atom stereocenters. The zero-order valence-electron chi connectivity index (χ0n) is 8.14. The first-order valence-corrected chi connectivity index (χ1v) is 4.27. The van der Waals surface area contributed by atoms with E-state index in [1.165, 1.54) is 0 Å². The van der Waals surface area contributed by atoms with Crippen molar-refractivity contribution in [2.24, 2.45) is 5.73 Å². The van der Waals surface area contributed by atoms with Crippen molar-refractivity contribution >= 4 is 0 Å². The highest BCUT2D eigenvalue weighted by Gasteiger charge is 2.38. The molecule has 0 bridgehead atoms. The van der Waals surface area contributed by atoms with Crippen molar-refractivity contribution in [1.82, 2.24) is 0 Å². The summed E-state index contributed by atoms with van der Waals surface area (Å²) in [4.78, 5) is 0. The lowest BCUT2D eigenvalue weighted by Crippen LogP contribution is -2.28. The number of ether oxygens (including phenoxy) is 1. The van der Waals surface area contributed by atoms with E-state index in [4.69, 9.17) is 5.73 Å². The minimum absolute atomic E-state index is 0.341. The Morgan fingerprint density at radius 2 is 1.41 bits per heavy atom. The van der Waals surface area contributed by atoms with E-state index in [0.29, 0.717) is 0 Å². The number of benzene rings is 1. The lowest BCUT2D eigenvalue weighted by molar-refractivity contribution is -0.274. The number of nitrogens with two attached hydrogens (primary N) is 1. The molecule has 0 heterocycles. The highest BCUT2D eigenvalue weighted by Crippen LogP contribution is 2.31. The maximum atomic E-state index is 12.2. The maximum absolute atomic E-state index is 12.2. The third kappa shape index (κ3) is 4.14. The third-order valence-electron chi connectivity index (χ3n) is 1.83. The van der Waals surface area contributed by atoms with Gasteiger partial charge in [0.15, 0.2) is 0 Å². The predicted molar refractivity (Wildman–Crippen MR) is 46.1 cm³/mol. The van der Waals surface area contributed by atoms with Gasteiger partial charge in [0.1, 0.15) is 11.8 Å². The van der Waals surface area contributed by atoms with Gasteiger partial charge in [-0.2, -0.15) is 13.2 Å². The van der Waals surface area contributed by atoms with Gasteiger partial charge in [0.2, 0.25) is 0 Å². The molecule has 0 aliphatic rings. The third-order valence-corrected chi connectivity index (χ3v) is 1.83. The molecule has 0 fully saturated rings. The van der Waals surface area contributed by atoms with Crippen molar-refractivity contribution in [1.29, 1.82) is 0 Å². The lowest BCUT2D eigenvalue weighted by atomic mass is 10.1. The Morgan fingerprint density at radius 1 is 0.941 bits per heavy atom. The highest BCUT2D eigenvalue weighted by atomic mass is 19.4. The van der Waals surface area contributed by atoms with E-state index in [9.17, 15) is 26.3 Å². The Bertz CT molecular complexity index is 369. The van der Waals surface area contributed by atoms with Gasteiger partial charge in [-0.15, -0.1) is 13.2 Å². The molecule has 1 rings (SSSR count). The van der Waals surface area contributed by atoms with E-state index in [-0.39, 0.29) is 5.56 Å². The molecule has 1 aromatic carbocycles. The molecule has 96 valence electrons. The Morgan fingerprint density at radius 3 is 1.76 bits per heavy atom. The van der Waals surface area contributed by atoms with Crippen LogP contribution in [0.15, 0.2) is 24.3 Å². The van der Waals surface area contributed by atoms with E-state index in [2.05, 4.69) is 4.74 Å². The zero-order valence-corrected chi connectivity index (χ0v) is 8.14. The molecular formula is C9H7F6NO. The summed E-state index contributed by atoms with van der Waals surface area (Å²) in [6, 6.07) is 0.976. The molecule has 0 aliphatic carbocycles. The summed E-state index contributed by atoms with van der Waals surface area (Å²) < 4.78 is 75.3. The first-order valence-electron chi connectivity index (χ1n) is 4.27. The van der Waals surface area contributed by atoms with Gasteiger partial charge >= 0.3 is 12.5 Å².